The zero-order valence-corrected chi connectivity index (χ0v) is 15.8. The molecule has 0 N–H and O–H groups in total. The lowest BCUT2D eigenvalue weighted by Crippen LogP contribution is -2.07. The third kappa shape index (κ3) is 3.43. The fourth-order valence-corrected chi connectivity index (χ4v) is 3.37. The number of hydrogen-bond donors (Lipinski definition) is 0. The second kappa shape index (κ2) is 7.48. The Balaban J connectivity index is 1.46. The van der Waals surface area contributed by atoms with Gasteiger partial charge < -0.3 is 14.2 Å². The van der Waals surface area contributed by atoms with Crippen molar-refractivity contribution in [2.75, 3.05) is 6.79 Å². The lowest BCUT2D eigenvalue weighted by molar-refractivity contribution is 0.0474. The van der Waals surface area contributed by atoms with Crippen molar-refractivity contribution in [2.45, 2.75) is 6.61 Å². The monoisotopic (exact) mass is 401 g/mol. The number of aromatic nitrogens is 1. The molecule has 0 fully saturated rings. The highest BCUT2D eigenvalue weighted by Gasteiger charge is 2.17. The molecule has 148 valence electrons. The third-order valence-electron chi connectivity index (χ3n) is 4.88. The van der Waals surface area contributed by atoms with Crippen molar-refractivity contribution >= 4 is 16.9 Å². The molecule has 0 saturated carbocycles. The summed E-state index contributed by atoms with van der Waals surface area (Å²) in [6.45, 7) is 0.283. The van der Waals surface area contributed by atoms with E-state index in [2.05, 4.69) is 4.98 Å². The Labute approximate surface area is 171 Å². The van der Waals surface area contributed by atoms with E-state index in [9.17, 15) is 9.18 Å². The predicted molar refractivity (Wildman–Crippen MR) is 109 cm³/mol. The van der Waals surface area contributed by atoms with Crippen molar-refractivity contribution in [1.29, 1.82) is 0 Å². The van der Waals surface area contributed by atoms with Crippen LogP contribution in [-0.4, -0.2) is 17.7 Å². The Kier molecular flexibility index (Phi) is 4.52. The van der Waals surface area contributed by atoms with E-state index in [4.69, 9.17) is 14.2 Å². The average molecular weight is 401 g/mol. The van der Waals surface area contributed by atoms with Gasteiger partial charge in [-0.15, -0.1) is 0 Å². The van der Waals surface area contributed by atoms with E-state index in [-0.39, 0.29) is 19.2 Å². The largest absolute Gasteiger partial charge is 0.457 e. The van der Waals surface area contributed by atoms with E-state index in [1.54, 1.807) is 30.3 Å². The maximum absolute atomic E-state index is 13.3. The van der Waals surface area contributed by atoms with Crippen LogP contribution >= 0.6 is 0 Å². The molecule has 3 aromatic carbocycles. The van der Waals surface area contributed by atoms with Crippen LogP contribution in [0.3, 0.4) is 0 Å². The first-order valence-corrected chi connectivity index (χ1v) is 9.39. The highest BCUT2D eigenvalue weighted by molar-refractivity contribution is 6.04. The zero-order valence-electron chi connectivity index (χ0n) is 15.8. The van der Waals surface area contributed by atoms with Gasteiger partial charge in [0.1, 0.15) is 12.4 Å². The van der Waals surface area contributed by atoms with Crippen molar-refractivity contribution in [3.63, 3.8) is 0 Å². The van der Waals surface area contributed by atoms with Crippen LogP contribution < -0.4 is 9.47 Å². The summed E-state index contributed by atoms with van der Waals surface area (Å²) >= 11 is 0. The summed E-state index contributed by atoms with van der Waals surface area (Å²) in [7, 11) is 0. The quantitative estimate of drug-likeness (QED) is 0.444. The molecule has 4 aromatic rings. The first-order valence-electron chi connectivity index (χ1n) is 9.39. The van der Waals surface area contributed by atoms with E-state index < -0.39 is 5.97 Å². The van der Waals surface area contributed by atoms with Crippen molar-refractivity contribution in [2.24, 2.45) is 0 Å². The van der Waals surface area contributed by atoms with Gasteiger partial charge >= 0.3 is 5.97 Å². The van der Waals surface area contributed by atoms with Gasteiger partial charge in [-0.1, -0.05) is 24.3 Å². The fraction of sp³-hybridized carbons (Fsp3) is 0.0833. The number of fused-ring (bicyclic) bond motifs is 2. The van der Waals surface area contributed by atoms with E-state index in [1.807, 2.05) is 30.3 Å². The number of carbonyl (C=O) groups is 1. The standard InChI is InChI=1S/C24H16FNO4/c25-17-8-6-16(7-9-17)21-12-19(18-3-1-2-4-20(18)26-21)24(27)28-13-15-5-10-22-23(11-15)30-14-29-22/h1-12H,13-14H2. The topological polar surface area (TPSA) is 57.7 Å². The molecule has 0 radical (unpaired) electrons. The summed E-state index contributed by atoms with van der Waals surface area (Å²) in [5, 5.41) is 0.694. The minimum Gasteiger partial charge on any atom is -0.457 e. The van der Waals surface area contributed by atoms with Crippen LogP contribution in [0.15, 0.2) is 72.8 Å². The first kappa shape index (κ1) is 18.1. The second-order valence-electron chi connectivity index (χ2n) is 6.84. The molecule has 5 rings (SSSR count). The summed E-state index contributed by atoms with van der Waals surface area (Å²) in [5.41, 5.74) is 3.15. The Hall–Kier alpha value is -3.93. The minimum absolute atomic E-state index is 0.0952. The molecular formula is C24H16FNO4. The summed E-state index contributed by atoms with van der Waals surface area (Å²) in [5.74, 6) is 0.517. The van der Waals surface area contributed by atoms with Crippen molar-refractivity contribution in [3.8, 4) is 22.8 Å². The van der Waals surface area contributed by atoms with Gasteiger partial charge in [0.25, 0.3) is 0 Å². The Bertz CT molecular complexity index is 1250. The van der Waals surface area contributed by atoms with Crippen molar-refractivity contribution < 1.29 is 23.4 Å². The number of ether oxygens (including phenoxy) is 3. The SMILES string of the molecule is O=C(OCc1ccc2c(c1)OCO2)c1cc(-c2ccc(F)cc2)nc2ccccc12. The smallest absolute Gasteiger partial charge is 0.339 e. The van der Waals surface area contributed by atoms with Crippen LogP contribution in [0.5, 0.6) is 11.5 Å². The number of rotatable bonds is 4. The maximum atomic E-state index is 13.3. The number of nitrogens with zero attached hydrogens (tertiary/aromatic N) is 1. The zero-order chi connectivity index (χ0) is 20.5. The van der Waals surface area contributed by atoms with E-state index >= 15 is 0 Å². The third-order valence-corrected chi connectivity index (χ3v) is 4.88. The summed E-state index contributed by atoms with van der Waals surface area (Å²) in [6.07, 6.45) is 0. The summed E-state index contributed by atoms with van der Waals surface area (Å²) in [6, 6.07) is 20.4. The van der Waals surface area contributed by atoms with Crippen LogP contribution in [0.1, 0.15) is 15.9 Å². The normalized spacial score (nSPS) is 12.2. The van der Waals surface area contributed by atoms with Gasteiger partial charge in [0, 0.05) is 10.9 Å². The van der Waals surface area contributed by atoms with Crippen LogP contribution in [-0.2, 0) is 11.3 Å². The van der Waals surface area contributed by atoms with Crippen LogP contribution in [0.4, 0.5) is 4.39 Å². The number of carbonyl (C=O) groups excluding carboxylic acids is 1. The first-order chi connectivity index (χ1) is 14.7. The molecule has 2 heterocycles. The van der Waals surface area contributed by atoms with Crippen LogP contribution in [0.2, 0.25) is 0 Å². The van der Waals surface area contributed by atoms with Crippen molar-refractivity contribution in [3.05, 3.63) is 89.7 Å². The number of benzene rings is 3. The number of pyridine rings is 1. The Morgan fingerprint density at radius 1 is 0.967 bits per heavy atom. The van der Waals surface area contributed by atoms with E-state index in [1.165, 1.54) is 12.1 Å². The molecule has 6 heteroatoms. The molecule has 0 amide bonds. The van der Waals surface area contributed by atoms with Gasteiger partial charge in [-0.25, -0.2) is 14.2 Å². The molecule has 0 bridgehead atoms. The molecule has 1 aliphatic heterocycles. The van der Waals surface area contributed by atoms with Gasteiger partial charge in [0.05, 0.1) is 16.8 Å². The molecule has 0 atom stereocenters. The molecule has 0 unspecified atom stereocenters. The summed E-state index contributed by atoms with van der Waals surface area (Å²) in [4.78, 5) is 17.6. The van der Waals surface area contributed by atoms with Crippen LogP contribution in [0.25, 0.3) is 22.2 Å². The predicted octanol–water partition coefficient (Wildman–Crippen LogP) is 5.13. The minimum atomic E-state index is -0.463. The summed E-state index contributed by atoms with van der Waals surface area (Å²) < 4.78 is 29.5. The van der Waals surface area contributed by atoms with Gasteiger partial charge in [-0.05, 0) is 54.1 Å². The van der Waals surface area contributed by atoms with Crippen LogP contribution in [0, 0.1) is 5.82 Å². The molecule has 1 aromatic heterocycles. The lowest BCUT2D eigenvalue weighted by Gasteiger charge is -2.10. The number of para-hydroxylation sites is 1. The molecular weight excluding hydrogens is 385 g/mol. The highest BCUT2D eigenvalue weighted by atomic mass is 19.1. The highest BCUT2D eigenvalue weighted by Crippen LogP contribution is 2.33. The fourth-order valence-electron chi connectivity index (χ4n) is 3.37. The lowest BCUT2D eigenvalue weighted by atomic mass is 10.0. The maximum Gasteiger partial charge on any atom is 0.339 e. The van der Waals surface area contributed by atoms with Gasteiger partial charge in [0.15, 0.2) is 11.5 Å². The van der Waals surface area contributed by atoms with Gasteiger partial charge in [0.2, 0.25) is 6.79 Å². The number of hydrogen-bond acceptors (Lipinski definition) is 5. The van der Waals surface area contributed by atoms with E-state index in [0.29, 0.717) is 39.2 Å². The molecule has 0 aliphatic carbocycles. The Morgan fingerprint density at radius 3 is 2.63 bits per heavy atom. The molecule has 30 heavy (non-hydrogen) atoms. The number of esters is 1. The molecule has 1 aliphatic rings. The molecule has 5 nitrogen and oxygen atoms in total. The molecule has 0 saturated heterocycles. The second-order valence-corrected chi connectivity index (χ2v) is 6.84. The van der Waals surface area contributed by atoms with Gasteiger partial charge in [-0.3, -0.25) is 0 Å². The molecule has 0 spiro atoms. The number of halogens is 1. The van der Waals surface area contributed by atoms with E-state index in [0.717, 1.165) is 5.56 Å². The van der Waals surface area contributed by atoms with Gasteiger partial charge in [-0.2, -0.15) is 0 Å². The van der Waals surface area contributed by atoms with Crippen molar-refractivity contribution in [1.82, 2.24) is 4.98 Å². The Morgan fingerprint density at radius 2 is 1.77 bits per heavy atom. The average Bonchev–Trinajstić information content (AvgIpc) is 3.25.